The van der Waals surface area contributed by atoms with Gasteiger partial charge in [0.1, 0.15) is 0 Å². The van der Waals surface area contributed by atoms with Gasteiger partial charge in [0.25, 0.3) is 0 Å². The van der Waals surface area contributed by atoms with Crippen LogP contribution in [0.4, 0.5) is 0 Å². The zero-order chi connectivity index (χ0) is 9.68. The molecule has 0 unspecified atom stereocenters. The highest BCUT2D eigenvalue weighted by Gasteiger charge is 2.17. The van der Waals surface area contributed by atoms with E-state index in [0.717, 1.165) is 6.54 Å². The number of rotatable bonds is 2. The molecular formula is C8H13N3OS. The number of thiocarbonyl (C=S) groups is 1. The summed E-state index contributed by atoms with van der Waals surface area (Å²) in [7, 11) is 0. The molecule has 5 heteroatoms. The van der Waals surface area contributed by atoms with Gasteiger partial charge in [0.2, 0.25) is 5.91 Å². The van der Waals surface area contributed by atoms with Crippen molar-refractivity contribution in [1.29, 1.82) is 0 Å². The van der Waals surface area contributed by atoms with Gasteiger partial charge in [-0.05, 0) is 12.2 Å². The van der Waals surface area contributed by atoms with Crippen LogP contribution in [0.2, 0.25) is 0 Å². The summed E-state index contributed by atoms with van der Waals surface area (Å²) in [4.78, 5) is 12.8. The minimum absolute atomic E-state index is 0.0222. The molecule has 0 aliphatic carbocycles. The molecule has 0 radical (unpaired) electrons. The first-order valence-corrected chi connectivity index (χ1v) is 4.55. The van der Waals surface area contributed by atoms with Crippen molar-refractivity contribution in [3.05, 3.63) is 12.7 Å². The lowest BCUT2D eigenvalue weighted by Crippen LogP contribution is -2.52. The standard InChI is InChI=1S/C8H13N3OS/c1-2-3-10-8(13)11-5-4-9-7(12)6-11/h2H,1,3-6H2,(H,9,12)(H,10,13). The van der Waals surface area contributed by atoms with Crippen LogP contribution in [0.15, 0.2) is 12.7 Å². The van der Waals surface area contributed by atoms with Crippen molar-refractivity contribution < 1.29 is 4.79 Å². The van der Waals surface area contributed by atoms with E-state index in [9.17, 15) is 4.79 Å². The highest BCUT2D eigenvalue weighted by atomic mass is 32.1. The first kappa shape index (κ1) is 9.98. The molecule has 1 fully saturated rings. The van der Waals surface area contributed by atoms with Gasteiger partial charge < -0.3 is 15.5 Å². The van der Waals surface area contributed by atoms with Crippen molar-refractivity contribution in [2.75, 3.05) is 26.2 Å². The molecule has 0 atom stereocenters. The maximum absolute atomic E-state index is 11.0. The van der Waals surface area contributed by atoms with Gasteiger partial charge in [-0.15, -0.1) is 6.58 Å². The predicted molar refractivity (Wildman–Crippen MR) is 55.4 cm³/mol. The molecule has 1 aliphatic rings. The number of hydrogen-bond donors (Lipinski definition) is 2. The van der Waals surface area contributed by atoms with Crippen molar-refractivity contribution in [2.45, 2.75) is 0 Å². The molecule has 0 saturated carbocycles. The van der Waals surface area contributed by atoms with Gasteiger partial charge in [-0.3, -0.25) is 4.79 Å². The fraction of sp³-hybridized carbons (Fsp3) is 0.500. The molecule has 2 N–H and O–H groups in total. The average Bonchev–Trinajstić information content (AvgIpc) is 2.14. The Balaban J connectivity index is 2.36. The molecule has 0 spiro atoms. The Bertz CT molecular complexity index is 229. The third-order valence-electron chi connectivity index (χ3n) is 1.72. The van der Waals surface area contributed by atoms with E-state index in [-0.39, 0.29) is 5.91 Å². The lowest BCUT2D eigenvalue weighted by Gasteiger charge is -2.28. The quantitative estimate of drug-likeness (QED) is 0.464. The number of amides is 1. The third kappa shape index (κ3) is 3.02. The van der Waals surface area contributed by atoms with Gasteiger partial charge in [-0.25, -0.2) is 0 Å². The van der Waals surface area contributed by atoms with Crippen molar-refractivity contribution in [2.24, 2.45) is 0 Å². The number of nitrogens with zero attached hydrogens (tertiary/aromatic N) is 1. The van der Waals surface area contributed by atoms with Crippen LogP contribution < -0.4 is 10.6 Å². The van der Waals surface area contributed by atoms with E-state index in [0.29, 0.717) is 24.7 Å². The van der Waals surface area contributed by atoms with Gasteiger partial charge in [-0.2, -0.15) is 0 Å². The predicted octanol–water partition coefficient (Wildman–Crippen LogP) is -0.521. The van der Waals surface area contributed by atoms with Crippen molar-refractivity contribution >= 4 is 23.2 Å². The molecule has 4 nitrogen and oxygen atoms in total. The van der Waals surface area contributed by atoms with Gasteiger partial charge in [0.15, 0.2) is 5.11 Å². The fourth-order valence-corrected chi connectivity index (χ4v) is 1.32. The smallest absolute Gasteiger partial charge is 0.239 e. The Labute approximate surface area is 83.0 Å². The normalized spacial score (nSPS) is 16.3. The first-order chi connectivity index (χ1) is 6.24. The minimum Gasteiger partial charge on any atom is -0.359 e. The molecular weight excluding hydrogens is 186 g/mol. The monoisotopic (exact) mass is 199 g/mol. The summed E-state index contributed by atoms with van der Waals surface area (Å²) in [6.45, 7) is 5.99. The first-order valence-electron chi connectivity index (χ1n) is 4.14. The highest BCUT2D eigenvalue weighted by Crippen LogP contribution is 1.93. The highest BCUT2D eigenvalue weighted by molar-refractivity contribution is 7.80. The van der Waals surface area contributed by atoms with Gasteiger partial charge in [0.05, 0.1) is 6.54 Å². The summed E-state index contributed by atoms with van der Waals surface area (Å²) in [5.41, 5.74) is 0. The average molecular weight is 199 g/mol. The van der Waals surface area contributed by atoms with Crippen LogP contribution in [-0.2, 0) is 4.79 Å². The maximum Gasteiger partial charge on any atom is 0.239 e. The van der Waals surface area contributed by atoms with E-state index in [4.69, 9.17) is 12.2 Å². The lowest BCUT2D eigenvalue weighted by molar-refractivity contribution is -0.122. The van der Waals surface area contributed by atoms with Crippen LogP contribution in [0.25, 0.3) is 0 Å². The number of carbonyl (C=O) groups excluding carboxylic acids is 1. The number of nitrogens with one attached hydrogen (secondary N) is 2. The topological polar surface area (TPSA) is 44.4 Å². The number of piperazine rings is 1. The summed E-state index contributed by atoms with van der Waals surface area (Å²) in [6, 6.07) is 0. The van der Waals surface area contributed by atoms with Gasteiger partial charge in [-0.1, -0.05) is 6.08 Å². The van der Waals surface area contributed by atoms with Crippen LogP contribution in [0.3, 0.4) is 0 Å². The van der Waals surface area contributed by atoms with E-state index < -0.39 is 0 Å². The Morgan fingerprint density at radius 2 is 2.62 bits per heavy atom. The van der Waals surface area contributed by atoms with Crippen molar-refractivity contribution in [3.63, 3.8) is 0 Å². The molecule has 1 rings (SSSR count). The van der Waals surface area contributed by atoms with E-state index >= 15 is 0 Å². The molecule has 1 aliphatic heterocycles. The fourth-order valence-electron chi connectivity index (χ4n) is 1.08. The second kappa shape index (κ2) is 4.81. The Kier molecular flexibility index (Phi) is 3.70. The molecule has 13 heavy (non-hydrogen) atoms. The molecule has 72 valence electrons. The molecule has 0 aromatic heterocycles. The number of hydrogen-bond acceptors (Lipinski definition) is 2. The van der Waals surface area contributed by atoms with Crippen LogP contribution in [0, 0.1) is 0 Å². The third-order valence-corrected chi connectivity index (χ3v) is 2.13. The molecule has 1 saturated heterocycles. The summed E-state index contributed by atoms with van der Waals surface area (Å²) in [6.07, 6.45) is 1.73. The second-order valence-electron chi connectivity index (χ2n) is 2.75. The van der Waals surface area contributed by atoms with E-state index in [1.807, 2.05) is 4.90 Å². The SMILES string of the molecule is C=CCNC(=S)N1CCNC(=O)C1. The number of carbonyl (C=O) groups is 1. The maximum atomic E-state index is 11.0. The lowest BCUT2D eigenvalue weighted by atomic mass is 10.4. The molecule has 1 amide bonds. The van der Waals surface area contributed by atoms with Gasteiger partial charge >= 0.3 is 0 Å². The zero-order valence-corrected chi connectivity index (χ0v) is 8.19. The van der Waals surface area contributed by atoms with Crippen molar-refractivity contribution in [1.82, 2.24) is 15.5 Å². The summed E-state index contributed by atoms with van der Waals surface area (Å²) in [5.74, 6) is 0.0222. The minimum atomic E-state index is 0.0222. The largest absolute Gasteiger partial charge is 0.359 e. The Morgan fingerprint density at radius 3 is 3.23 bits per heavy atom. The molecule has 0 aromatic rings. The van der Waals surface area contributed by atoms with Crippen molar-refractivity contribution in [3.8, 4) is 0 Å². The van der Waals surface area contributed by atoms with Crippen LogP contribution >= 0.6 is 12.2 Å². The van der Waals surface area contributed by atoms with E-state index in [2.05, 4.69) is 17.2 Å². The summed E-state index contributed by atoms with van der Waals surface area (Å²) < 4.78 is 0. The molecule has 0 bridgehead atoms. The molecule has 0 aromatic carbocycles. The second-order valence-corrected chi connectivity index (χ2v) is 3.13. The van der Waals surface area contributed by atoms with Crippen LogP contribution in [0.1, 0.15) is 0 Å². The molecule has 1 heterocycles. The summed E-state index contributed by atoms with van der Waals surface area (Å²) in [5, 5.41) is 6.34. The Hall–Kier alpha value is -1.10. The zero-order valence-electron chi connectivity index (χ0n) is 7.38. The van der Waals surface area contributed by atoms with Crippen LogP contribution in [0.5, 0.6) is 0 Å². The van der Waals surface area contributed by atoms with Crippen LogP contribution in [-0.4, -0.2) is 42.1 Å². The summed E-state index contributed by atoms with van der Waals surface area (Å²) >= 11 is 5.08. The van der Waals surface area contributed by atoms with E-state index in [1.165, 1.54) is 0 Å². The van der Waals surface area contributed by atoms with E-state index in [1.54, 1.807) is 6.08 Å². The Morgan fingerprint density at radius 1 is 1.85 bits per heavy atom. The van der Waals surface area contributed by atoms with Gasteiger partial charge in [0, 0.05) is 19.6 Å².